The lowest BCUT2D eigenvalue weighted by atomic mass is 10.0. The Bertz CT molecular complexity index is 1090. The van der Waals surface area contributed by atoms with Crippen LogP contribution in [0.15, 0.2) is 60.9 Å². The minimum Gasteiger partial charge on any atom is -0.289 e. The number of carbonyl (C=O) groups excluding carboxylic acids is 2. The fourth-order valence-corrected chi connectivity index (χ4v) is 2.54. The molecule has 2 aromatic carbocycles. The molecule has 1 N–H and O–H groups in total. The first-order valence-corrected chi connectivity index (χ1v) is 7.98. The summed E-state index contributed by atoms with van der Waals surface area (Å²) in [6, 6.07) is 11.1. The van der Waals surface area contributed by atoms with Crippen molar-refractivity contribution in [3.63, 3.8) is 0 Å². The summed E-state index contributed by atoms with van der Waals surface area (Å²) in [5.41, 5.74) is -0.297. The number of aromatic nitrogens is 2. The van der Waals surface area contributed by atoms with Gasteiger partial charge in [-0.15, -0.1) is 0 Å². The van der Waals surface area contributed by atoms with E-state index in [1.54, 1.807) is 23.5 Å². The van der Waals surface area contributed by atoms with E-state index < -0.39 is 28.7 Å². The SMILES string of the molecule is O=C(c1ccccc1)c1cc([N+](=O)[O-])ccc1-n1ccnc1NC(=O)C(F)(F)F. The van der Waals surface area contributed by atoms with Gasteiger partial charge in [-0.1, -0.05) is 30.3 Å². The number of hydrogen-bond acceptors (Lipinski definition) is 5. The van der Waals surface area contributed by atoms with Gasteiger partial charge in [0.1, 0.15) is 0 Å². The van der Waals surface area contributed by atoms with Crippen molar-refractivity contribution >= 4 is 23.3 Å². The number of nitrogens with zero attached hydrogens (tertiary/aromatic N) is 3. The van der Waals surface area contributed by atoms with Crippen LogP contribution in [0.2, 0.25) is 0 Å². The van der Waals surface area contributed by atoms with Crippen molar-refractivity contribution in [2.45, 2.75) is 6.18 Å². The van der Waals surface area contributed by atoms with Crippen LogP contribution in [0.5, 0.6) is 0 Å². The molecule has 0 aliphatic rings. The maximum atomic E-state index is 12.9. The summed E-state index contributed by atoms with van der Waals surface area (Å²) in [7, 11) is 0. The molecule has 0 atom stereocenters. The van der Waals surface area contributed by atoms with Crippen molar-refractivity contribution in [1.29, 1.82) is 0 Å². The van der Waals surface area contributed by atoms with Crippen LogP contribution in [0.25, 0.3) is 5.69 Å². The largest absolute Gasteiger partial charge is 0.471 e. The second-order valence-corrected chi connectivity index (χ2v) is 5.73. The smallest absolute Gasteiger partial charge is 0.289 e. The second-order valence-electron chi connectivity index (χ2n) is 5.73. The van der Waals surface area contributed by atoms with Gasteiger partial charge in [-0.3, -0.25) is 29.6 Å². The molecule has 0 saturated heterocycles. The second kappa shape index (κ2) is 7.54. The number of rotatable bonds is 5. The maximum Gasteiger partial charge on any atom is 0.471 e. The highest BCUT2D eigenvalue weighted by Crippen LogP contribution is 2.27. The number of nitrogens with one attached hydrogen (secondary N) is 1. The Kier molecular flexibility index (Phi) is 5.13. The molecule has 3 rings (SSSR count). The summed E-state index contributed by atoms with van der Waals surface area (Å²) in [5.74, 6) is -3.34. The van der Waals surface area contributed by atoms with Gasteiger partial charge in [-0.05, 0) is 6.07 Å². The van der Waals surface area contributed by atoms with Crippen LogP contribution in [0, 0.1) is 10.1 Å². The molecule has 0 spiro atoms. The predicted octanol–water partition coefficient (Wildman–Crippen LogP) is 3.51. The van der Waals surface area contributed by atoms with Crippen LogP contribution >= 0.6 is 0 Å². The van der Waals surface area contributed by atoms with E-state index in [2.05, 4.69) is 4.98 Å². The number of hydrogen-bond donors (Lipinski definition) is 1. The Balaban J connectivity index is 2.12. The number of imidazole rings is 1. The van der Waals surface area contributed by atoms with Crippen molar-refractivity contribution in [3.05, 3.63) is 82.2 Å². The average Bonchev–Trinajstić information content (AvgIpc) is 3.14. The van der Waals surface area contributed by atoms with Gasteiger partial charge in [0.05, 0.1) is 16.2 Å². The molecule has 29 heavy (non-hydrogen) atoms. The molecular weight excluding hydrogens is 393 g/mol. The topological polar surface area (TPSA) is 107 Å². The number of amides is 1. The summed E-state index contributed by atoms with van der Waals surface area (Å²) >= 11 is 0. The first kappa shape index (κ1) is 19.7. The van der Waals surface area contributed by atoms with Crippen LogP contribution in [0.1, 0.15) is 15.9 Å². The molecule has 148 valence electrons. The summed E-state index contributed by atoms with van der Waals surface area (Å²) in [4.78, 5) is 38.2. The Morgan fingerprint density at radius 3 is 2.41 bits per heavy atom. The lowest BCUT2D eigenvalue weighted by molar-refractivity contribution is -0.384. The summed E-state index contributed by atoms with van der Waals surface area (Å²) in [5, 5.41) is 12.7. The first-order chi connectivity index (χ1) is 13.7. The summed E-state index contributed by atoms with van der Waals surface area (Å²) in [6.45, 7) is 0. The van der Waals surface area contributed by atoms with E-state index in [0.29, 0.717) is 0 Å². The molecule has 0 radical (unpaired) electrons. The van der Waals surface area contributed by atoms with Gasteiger partial charge < -0.3 is 0 Å². The average molecular weight is 404 g/mol. The summed E-state index contributed by atoms with van der Waals surface area (Å²) < 4.78 is 38.7. The van der Waals surface area contributed by atoms with Crippen LogP contribution < -0.4 is 5.32 Å². The Morgan fingerprint density at radius 1 is 1.10 bits per heavy atom. The minimum absolute atomic E-state index is 0.0134. The molecule has 1 heterocycles. The monoisotopic (exact) mass is 404 g/mol. The highest BCUT2D eigenvalue weighted by atomic mass is 19.4. The van der Waals surface area contributed by atoms with Crippen LogP contribution in [-0.4, -0.2) is 32.3 Å². The molecule has 0 aliphatic carbocycles. The Labute approximate surface area is 160 Å². The number of ketones is 1. The van der Waals surface area contributed by atoms with Gasteiger partial charge in [-0.25, -0.2) is 4.98 Å². The van der Waals surface area contributed by atoms with Crippen molar-refractivity contribution in [1.82, 2.24) is 9.55 Å². The Hall–Kier alpha value is -4.02. The zero-order valence-corrected chi connectivity index (χ0v) is 14.4. The molecule has 1 aromatic heterocycles. The number of nitro groups is 1. The highest BCUT2D eigenvalue weighted by Gasteiger charge is 2.39. The number of benzene rings is 2. The van der Waals surface area contributed by atoms with E-state index in [1.165, 1.54) is 24.4 Å². The van der Waals surface area contributed by atoms with Crippen molar-refractivity contribution in [3.8, 4) is 5.69 Å². The van der Waals surface area contributed by atoms with E-state index in [9.17, 15) is 32.9 Å². The maximum absolute atomic E-state index is 12.9. The molecular formula is C18H11F3N4O4. The normalized spacial score (nSPS) is 11.1. The van der Waals surface area contributed by atoms with E-state index in [4.69, 9.17) is 0 Å². The van der Waals surface area contributed by atoms with Crippen LogP contribution in [0.3, 0.4) is 0 Å². The number of alkyl halides is 3. The highest BCUT2D eigenvalue weighted by molar-refractivity contribution is 6.11. The van der Waals surface area contributed by atoms with Crippen molar-refractivity contribution < 1.29 is 27.7 Å². The molecule has 0 saturated carbocycles. The first-order valence-electron chi connectivity index (χ1n) is 7.98. The van der Waals surface area contributed by atoms with Gasteiger partial charge in [-0.2, -0.15) is 13.2 Å². The zero-order valence-electron chi connectivity index (χ0n) is 14.4. The van der Waals surface area contributed by atoms with Gasteiger partial charge in [0.25, 0.3) is 5.69 Å². The number of nitro benzene ring substituents is 1. The van der Waals surface area contributed by atoms with Gasteiger partial charge in [0.2, 0.25) is 5.95 Å². The predicted molar refractivity (Wildman–Crippen MR) is 94.8 cm³/mol. The molecule has 0 unspecified atom stereocenters. The van der Waals surface area contributed by atoms with Crippen molar-refractivity contribution in [2.75, 3.05) is 5.32 Å². The van der Waals surface area contributed by atoms with Crippen molar-refractivity contribution in [2.24, 2.45) is 0 Å². The van der Waals surface area contributed by atoms with Gasteiger partial charge >= 0.3 is 12.1 Å². The molecule has 8 nitrogen and oxygen atoms in total. The third-order valence-corrected chi connectivity index (χ3v) is 3.85. The third kappa shape index (κ3) is 4.13. The molecule has 0 aliphatic heterocycles. The standard InChI is InChI=1S/C18H11F3N4O4/c19-18(20,21)16(27)23-17-22-8-9-24(17)14-7-6-12(25(28)29)10-13(14)15(26)11-4-2-1-3-5-11/h1-10H,(H,22,23,27). The molecule has 1 amide bonds. The molecule has 3 aromatic rings. The molecule has 11 heteroatoms. The number of carbonyl (C=O) groups is 2. The number of anilines is 1. The van der Waals surface area contributed by atoms with E-state index >= 15 is 0 Å². The van der Waals surface area contributed by atoms with Gasteiger partial charge in [0.15, 0.2) is 5.78 Å². The van der Waals surface area contributed by atoms with E-state index in [1.807, 2.05) is 0 Å². The summed E-state index contributed by atoms with van der Waals surface area (Å²) in [6.07, 6.45) is -2.81. The van der Waals surface area contributed by atoms with E-state index in [-0.39, 0.29) is 22.5 Å². The molecule has 0 bridgehead atoms. The molecule has 0 fully saturated rings. The fraction of sp³-hybridized carbons (Fsp3) is 0.0556. The lowest BCUT2D eigenvalue weighted by Gasteiger charge is -2.14. The van der Waals surface area contributed by atoms with Gasteiger partial charge in [0, 0.05) is 30.1 Å². The quantitative estimate of drug-likeness (QED) is 0.398. The number of halogens is 3. The van der Waals surface area contributed by atoms with E-state index in [0.717, 1.165) is 22.9 Å². The zero-order chi connectivity index (χ0) is 21.2. The fourth-order valence-electron chi connectivity index (χ4n) is 2.54. The number of non-ortho nitro benzene ring substituents is 1. The van der Waals surface area contributed by atoms with Crippen LogP contribution in [-0.2, 0) is 4.79 Å². The van der Waals surface area contributed by atoms with Crippen LogP contribution in [0.4, 0.5) is 24.8 Å². The minimum atomic E-state index is -5.14. The third-order valence-electron chi connectivity index (χ3n) is 3.85. The Morgan fingerprint density at radius 2 is 1.79 bits per heavy atom. The lowest BCUT2D eigenvalue weighted by Crippen LogP contribution is -2.31.